The zero-order chi connectivity index (χ0) is 23.9. The maximum absolute atomic E-state index is 13.5. The number of rotatable bonds is 7. The number of ether oxygens (including phenoxy) is 1. The lowest BCUT2D eigenvalue weighted by Gasteiger charge is -2.37. The van der Waals surface area contributed by atoms with Crippen LogP contribution in [-0.4, -0.2) is 56.0 Å². The number of carbonyl (C=O) groups excluding carboxylic acids is 2. The molecule has 1 saturated heterocycles. The lowest BCUT2D eigenvalue weighted by molar-refractivity contribution is -0.133. The molecule has 1 aliphatic heterocycles. The second-order valence-electron chi connectivity index (χ2n) is 8.23. The second-order valence-corrected chi connectivity index (χ2v) is 8.67. The van der Waals surface area contributed by atoms with E-state index in [2.05, 4.69) is 10.2 Å². The molecule has 0 saturated carbocycles. The molecule has 3 aromatic rings. The molecule has 0 spiro atoms. The van der Waals surface area contributed by atoms with Gasteiger partial charge in [-0.3, -0.25) is 9.59 Å². The molecule has 1 N–H and O–H groups in total. The molecule has 0 radical (unpaired) electrons. The minimum atomic E-state index is -0.655. The van der Waals surface area contributed by atoms with E-state index < -0.39 is 6.04 Å². The number of amides is 2. The molecule has 1 atom stereocenters. The minimum absolute atomic E-state index is 0.0689. The van der Waals surface area contributed by atoms with Crippen LogP contribution in [0.4, 0.5) is 5.69 Å². The van der Waals surface area contributed by atoms with Gasteiger partial charge in [-0.1, -0.05) is 41.9 Å². The lowest BCUT2D eigenvalue weighted by atomic mass is 10.0. The van der Waals surface area contributed by atoms with Gasteiger partial charge in [0.1, 0.15) is 11.8 Å². The van der Waals surface area contributed by atoms with Gasteiger partial charge in [0.25, 0.3) is 5.91 Å². The van der Waals surface area contributed by atoms with Crippen molar-refractivity contribution in [2.45, 2.75) is 12.5 Å². The Morgan fingerprint density at radius 2 is 1.56 bits per heavy atom. The Kier molecular flexibility index (Phi) is 7.70. The number of methoxy groups -OCH3 is 1. The highest BCUT2D eigenvalue weighted by molar-refractivity contribution is 6.30. The van der Waals surface area contributed by atoms with Crippen molar-refractivity contribution in [1.82, 2.24) is 10.2 Å². The van der Waals surface area contributed by atoms with E-state index in [1.807, 2.05) is 59.5 Å². The molecule has 176 valence electrons. The first-order valence-electron chi connectivity index (χ1n) is 11.3. The Hall–Kier alpha value is -3.51. The molecule has 4 rings (SSSR count). The fourth-order valence-electron chi connectivity index (χ4n) is 4.09. The monoisotopic (exact) mass is 477 g/mol. The number of benzene rings is 3. The van der Waals surface area contributed by atoms with Crippen molar-refractivity contribution in [2.24, 2.45) is 0 Å². The number of nitrogens with zero attached hydrogens (tertiary/aromatic N) is 2. The van der Waals surface area contributed by atoms with Crippen molar-refractivity contribution in [2.75, 3.05) is 38.2 Å². The van der Waals surface area contributed by atoms with Crippen molar-refractivity contribution < 1.29 is 14.3 Å². The third-order valence-electron chi connectivity index (χ3n) is 6.02. The van der Waals surface area contributed by atoms with Crippen molar-refractivity contribution in [3.05, 3.63) is 95.0 Å². The Bertz CT molecular complexity index is 1100. The first-order valence-corrected chi connectivity index (χ1v) is 11.7. The number of hydrogen-bond acceptors (Lipinski definition) is 4. The predicted molar refractivity (Wildman–Crippen MR) is 135 cm³/mol. The highest BCUT2D eigenvalue weighted by atomic mass is 35.5. The number of hydrogen-bond donors (Lipinski definition) is 1. The quantitative estimate of drug-likeness (QED) is 0.558. The van der Waals surface area contributed by atoms with Crippen LogP contribution in [-0.2, 0) is 11.2 Å². The average Bonchev–Trinajstić information content (AvgIpc) is 2.89. The van der Waals surface area contributed by atoms with Crippen LogP contribution in [0.3, 0.4) is 0 Å². The van der Waals surface area contributed by atoms with Crippen molar-refractivity contribution >= 4 is 29.1 Å². The molecule has 0 aliphatic carbocycles. The maximum Gasteiger partial charge on any atom is 0.251 e. The average molecular weight is 478 g/mol. The molecule has 0 aromatic heterocycles. The fourth-order valence-corrected chi connectivity index (χ4v) is 4.22. The highest BCUT2D eigenvalue weighted by Crippen LogP contribution is 2.21. The summed E-state index contributed by atoms with van der Waals surface area (Å²) in [6.07, 6.45) is 0.428. The summed E-state index contributed by atoms with van der Waals surface area (Å²) in [4.78, 5) is 30.5. The normalized spacial score (nSPS) is 14.4. The zero-order valence-corrected chi connectivity index (χ0v) is 19.9. The molecule has 1 heterocycles. The Morgan fingerprint density at radius 1 is 0.912 bits per heavy atom. The summed E-state index contributed by atoms with van der Waals surface area (Å²) in [6.45, 7) is 2.63. The van der Waals surface area contributed by atoms with Crippen LogP contribution in [0.15, 0.2) is 78.9 Å². The van der Waals surface area contributed by atoms with E-state index in [4.69, 9.17) is 16.3 Å². The second kappa shape index (κ2) is 11.1. The van der Waals surface area contributed by atoms with Crippen molar-refractivity contribution in [1.29, 1.82) is 0 Å². The first-order chi connectivity index (χ1) is 16.5. The molecular weight excluding hydrogens is 450 g/mol. The Morgan fingerprint density at radius 3 is 2.18 bits per heavy atom. The summed E-state index contributed by atoms with van der Waals surface area (Å²) < 4.78 is 5.24. The van der Waals surface area contributed by atoms with Crippen LogP contribution in [0.2, 0.25) is 5.02 Å². The van der Waals surface area contributed by atoms with Crippen LogP contribution >= 0.6 is 11.6 Å². The van der Waals surface area contributed by atoms with Gasteiger partial charge in [0, 0.05) is 48.9 Å². The van der Waals surface area contributed by atoms with Gasteiger partial charge >= 0.3 is 0 Å². The molecule has 7 heteroatoms. The van der Waals surface area contributed by atoms with Gasteiger partial charge < -0.3 is 19.9 Å². The van der Waals surface area contributed by atoms with Crippen molar-refractivity contribution in [3.63, 3.8) is 0 Å². The van der Waals surface area contributed by atoms with Gasteiger partial charge in [-0.2, -0.15) is 0 Å². The summed E-state index contributed by atoms with van der Waals surface area (Å²) in [5.74, 6) is 0.459. The maximum atomic E-state index is 13.5. The van der Waals surface area contributed by atoms with E-state index in [9.17, 15) is 9.59 Å². The van der Waals surface area contributed by atoms with Gasteiger partial charge in [0.05, 0.1) is 7.11 Å². The van der Waals surface area contributed by atoms with Gasteiger partial charge in [0.15, 0.2) is 0 Å². The van der Waals surface area contributed by atoms with E-state index in [0.29, 0.717) is 30.1 Å². The molecular formula is C27H28ClN3O3. The molecule has 2 amide bonds. The number of nitrogens with one attached hydrogen (secondary N) is 1. The van der Waals surface area contributed by atoms with E-state index in [0.717, 1.165) is 30.1 Å². The predicted octanol–water partition coefficient (Wildman–Crippen LogP) is 4.04. The molecule has 1 aliphatic rings. The molecule has 1 fully saturated rings. The fraction of sp³-hybridized carbons (Fsp3) is 0.259. The Balaban J connectivity index is 1.44. The van der Waals surface area contributed by atoms with E-state index >= 15 is 0 Å². The van der Waals surface area contributed by atoms with Crippen LogP contribution in [0.25, 0.3) is 0 Å². The third kappa shape index (κ3) is 5.88. The van der Waals surface area contributed by atoms with E-state index in [1.54, 1.807) is 31.4 Å². The van der Waals surface area contributed by atoms with Crippen LogP contribution in [0, 0.1) is 0 Å². The summed E-state index contributed by atoms with van der Waals surface area (Å²) in [5.41, 5.74) is 2.57. The molecule has 34 heavy (non-hydrogen) atoms. The summed E-state index contributed by atoms with van der Waals surface area (Å²) in [5, 5.41) is 3.51. The van der Waals surface area contributed by atoms with Gasteiger partial charge in [-0.05, 0) is 54.1 Å². The van der Waals surface area contributed by atoms with Crippen LogP contribution in [0.1, 0.15) is 15.9 Å². The Labute approximate surface area is 205 Å². The number of piperazine rings is 1. The molecule has 1 unspecified atom stereocenters. The zero-order valence-electron chi connectivity index (χ0n) is 19.1. The molecule has 3 aromatic carbocycles. The summed E-state index contributed by atoms with van der Waals surface area (Å²) in [6, 6.07) is 23.7. The van der Waals surface area contributed by atoms with Gasteiger partial charge in [-0.25, -0.2) is 0 Å². The first kappa shape index (κ1) is 23.6. The number of halogens is 1. The largest absolute Gasteiger partial charge is 0.497 e. The van der Waals surface area contributed by atoms with E-state index in [1.165, 1.54) is 0 Å². The number of anilines is 1. The van der Waals surface area contributed by atoms with Crippen LogP contribution < -0.4 is 15.0 Å². The summed E-state index contributed by atoms with van der Waals surface area (Å²) >= 11 is 5.95. The number of carbonyl (C=O) groups is 2. The minimum Gasteiger partial charge on any atom is -0.497 e. The smallest absolute Gasteiger partial charge is 0.251 e. The SMILES string of the molecule is COc1ccc(N2CCN(C(=O)C(Cc3ccccc3)NC(=O)c3ccc(Cl)cc3)CC2)cc1. The highest BCUT2D eigenvalue weighted by Gasteiger charge is 2.29. The van der Waals surface area contributed by atoms with Crippen LogP contribution in [0.5, 0.6) is 5.75 Å². The third-order valence-corrected chi connectivity index (χ3v) is 6.27. The topological polar surface area (TPSA) is 61.9 Å². The lowest BCUT2D eigenvalue weighted by Crippen LogP contribution is -2.55. The van der Waals surface area contributed by atoms with Crippen molar-refractivity contribution in [3.8, 4) is 5.75 Å². The standard InChI is InChI=1S/C27H28ClN3O3/c1-34-24-13-11-23(12-14-24)30-15-17-31(18-16-30)27(33)25(19-20-5-3-2-4-6-20)29-26(32)21-7-9-22(28)10-8-21/h2-14,25H,15-19H2,1H3,(H,29,32). The molecule has 0 bridgehead atoms. The van der Waals surface area contributed by atoms with E-state index in [-0.39, 0.29) is 11.8 Å². The summed E-state index contributed by atoms with van der Waals surface area (Å²) in [7, 11) is 1.65. The molecule has 6 nitrogen and oxygen atoms in total. The van der Waals surface area contributed by atoms with Gasteiger partial charge in [-0.15, -0.1) is 0 Å². The van der Waals surface area contributed by atoms with Gasteiger partial charge in [0.2, 0.25) is 5.91 Å².